The van der Waals surface area contributed by atoms with E-state index >= 15 is 0 Å². The molecule has 7 nitrogen and oxygen atoms in total. The second-order valence-corrected chi connectivity index (χ2v) is 7.15. The van der Waals surface area contributed by atoms with Crippen molar-refractivity contribution >= 4 is 29.8 Å². The summed E-state index contributed by atoms with van der Waals surface area (Å²) in [5, 5.41) is 0. The van der Waals surface area contributed by atoms with Crippen molar-refractivity contribution in [3.05, 3.63) is 41.1 Å². The molecule has 1 fully saturated rings. The molecule has 1 aliphatic rings. The monoisotopic (exact) mass is 382 g/mol. The van der Waals surface area contributed by atoms with Crippen molar-refractivity contribution in [2.75, 3.05) is 6.54 Å². The van der Waals surface area contributed by atoms with E-state index in [1.807, 2.05) is 0 Å². The van der Waals surface area contributed by atoms with Crippen molar-refractivity contribution in [1.29, 1.82) is 0 Å². The predicted octanol–water partition coefficient (Wildman–Crippen LogP) is 2.18. The summed E-state index contributed by atoms with van der Waals surface area (Å²) in [5.74, 6) is 0.533. The fraction of sp³-hybridized carbons (Fsp3) is 0.333. The summed E-state index contributed by atoms with van der Waals surface area (Å²) in [6.45, 7) is 7.75. The highest BCUT2D eigenvalue weighted by atomic mass is 16.6. The number of hydrogen-bond donors (Lipinski definition) is 0. The van der Waals surface area contributed by atoms with Gasteiger partial charge in [0, 0.05) is 13.0 Å². The second-order valence-electron chi connectivity index (χ2n) is 7.15. The van der Waals surface area contributed by atoms with Crippen LogP contribution in [0.25, 0.3) is 6.08 Å². The quantitative estimate of drug-likeness (QED) is 0.445. The smallest absolute Gasteiger partial charge is 0.338 e. The number of carbonyl (C=O) groups is 4. The van der Waals surface area contributed by atoms with Gasteiger partial charge in [0.05, 0.1) is 5.56 Å². The molecular weight excluding hydrogens is 360 g/mol. The Morgan fingerprint density at radius 2 is 1.75 bits per heavy atom. The van der Waals surface area contributed by atoms with Gasteiger partial charge in [-0.1, -0.05) is 18.1 Å². The van der Waals surface area contributed by atoms with Crippen LogP contribution in [0.15, 0.2) is 30.0 Å². The fourth-order valence-corrected chi connectivity index (χ4v) is 2.47. The number of hydrogen-bond acceptors (Lipinski definition) is 5. The van der Waals surface area contributed by atoms with Crippen LogP contribution >= 0.6 is 0 Å². The van der Waals surface area contributed by atoms with E-state index in [-0.39, 0.29) is 12.2 Å². The van der Waals surface area contributed by atoms with Crippen molar-refractivity contribution in [2.45, 2.75) is 40.2 Å². The average molecular weight is 382 g/mol. The standard InChI is InChI=1S/C21H22N2O5/c1-6-11-22-17(19(26)23(14(2)24)13-18(22)25)12-15-7-9-16(10-8-15)20(27)28-21(3,4)5/h7-10,12H,13H2,1-5H3/b17-12-. The first-order chi connectivity index (χ1) is 13.0. The lowest BCUT2D eigenvalue weighted by atomic mass is 10.1. The van der Waals surface area contributed by atoms with Crippen molar-refractivity contribution in [1.82, 2.24) is 9.80 Å². The Morgan fingerprint density at radius 3 is 2.25 bits per heavy atom. The van der Waals surface area contributed by atoms with Crippen molar-refractivity contribution < 1.29 is 23.9 Å². The summed E-state index contributed by atoms with van der Waals surface area (Å²) in [7, 11) is 0. The summed E-state index contributed by atoms with van der Waals surface area (Å²) in [4.78, 5) is 50.6. The number of piperazine rings is 1. The van der Waals surface area contributed by atoms with E-state index in [1.54, 1.807) is 52.0 Å². The molecule has 0 aromatic heterocycles. The number of esters is 1. The molecule has 28 heavy (non-hydrogen) atoms. The minimum Gasteiger partial charge on any atom is -0.456 e. The van der Waals surface area contributed by atoms with Gasteiger partial charge in [-0.15, -0.1) is 0 Å². The van der Waals surface area contributed by atoms with Gasteiger partial charge in [0.15, 0.2) is 0 Å². The van der Waals surface area contributed by atoms with Crippen molar-refractivity contribution in [3.63, 3.8) is 0 Å². The minimum absolute atomic E-state index is 0.0224. The van der Waals surface area contributed by atoms with Gasteiger partial charge >= 0.3 is 5.97 Å². The van der Waals surface area contributed by atoms with Gasteiger partial charge in [0.1, 0.15) is 17.8 Å². The maximum atomic E-state index is 12.6. The number of amides is 3. The van der Waals surface area contributed by atoms with E-state index in [9.17, 15) is 19.2 Å². The number of carbonyl (C=O) groups excluding carboxylic acids is 4. The van der Waals surface area contributed by atoms with Crippen LogP contribution in [0.2, 0.25) is 0 Å². The molecule has 0 spiro atoms. The Morgan fingerprint density at radius 1 is 1.14 bits per heavy atom. The summed E-state index contributed by atoms with van der Waals surface area (Å²) >= 11 is 0. The van der Waals surface area contributed by atoms with Gasteiger partial charge in [-0.05, 0) is 51.5 Å². The van der Waals surface area contributed by atoms with E-state index < -0.39 is 29.3 Å². The van der Waals surface area contributed by atoms with E-state index in [4.69, 9.17) is 4.74 Å². The van der Waals surface area contributed by atoms with Crippen LogP contribution in [0.1, 0.15) is 50.5 Å². The zero-order valence-electron chi connectivity index (χ0n) is 16.5. The second kappa shape index (κ2) is 8.09. The Kier molecular flexibility index (Phi) is 6.04. The summed E-state index contributed by atoms with van der Waals surface area (Å²) < 4.78 is 5.31. The van der Waals surface area contributed by atoms with Crippen LogP contribution in [-0.4, -0.2) is 45.6 Å². The lowest BCUT2D eigenvalue weighted by Crippen LogP contribution is -2.52. The van der Waals surface area contributed by atoms with Crippen LogP contribution in [-0.2, 0) is 19.1 Å². The first kappa shape index (κ1) is 20.9. The molecule has 0 N–H and O–H groups in total. The van der Waals surface area contributed by atoms with Gasteiger partial charge in [0.2, 0.25) is 5.91 Å². The molecular formula is C21H22N2O5. The third-order valence-corrected chi connectivity index (χ3v) is 3.70. The van der Waals surface area contributed by atoms with E-state index in [0.29, 0.717) is 11.1 Å². The molecule has 1 saturated heterocycles. The highest BCUT2D eigenvalue weighted by molar-refractivity contribution is 6.13. The third-order valence-electron chi connectivity index (χ3n) is 3.70. The van der Waals surface area contributed by atoms with Crippen LogP contribution in [0.4, 0.5) is 0 Å². The van der Waals surface area contributed by atoms with Gasteiger partial charge < -0.3 is 4.74 Å². The molecule has 0 saturated carbocycles. The molecule has 1 heterocycles. The molecule has 146 valence electrons. The van der Waals surface area contributed by atoms with Gasteiger partial charge in [-0.25, -0.2) is 9.69 Å². The molecule has 0 atom stereocenters. The molecule has 0 aliphatic carbocycles. The maximum absolute atomic E-state index is 12.6. The highest BCUT2D eigenvalue weighted by Gasteiger charge is 2.36. The van der Waals surface area contributed by atoms with Gasteiger partial charge in [-0.2, -0.15) is 0 Å². The summed E-state index contributed by atoms with van der Waals surface area (Å²) in [6, 6.07) is 8.95. The number of nitrogens with zero attached hydrogens (tertiary/aromatic N) is 2. The first-order valence-corrected chi connectivity index (χ1v) is 8.66. The van der Waals surface area contributed by atoms with Crippen LogP contribution in [0, 0.1) is 12.0 Å². The highest BCUT2D eigenvalue weighted by Crippen LogP contribution is 2.20. The number of ether oxygens (including phenoxy) is 1. The van der Waals surface area contributed by atoms with Gasteiger partial charge in [0.25, 0.3) is 11.8 Å². The molecule has 1 aromatic rings. The summed E-state index contributed by atoms with van der Waals surface area (Å²) in [5.41, 5.74) is 0.295. The number of imide groups is 1. The lowest BCUT2D eigenvalue weighted by molar-refractivity contribution is -0.150. The topological polar surface area (TPSA) is 84.0 Å². The molecule has 0 unspecified atom stereocenters. The predicted molar refractivity (Wildman–Crippen MR) is 102 cm³/mol. The zero-order chi connectivity index (χ0) is 21.1. The molecule has 0 radical (unpaired) electrons. The van der Waals surface area contributed by atoms with E-state index in [0.717, 1.165) is 9.80 Å². The molecule has 1 aromatic carbocycles. The number of benzene rings is 1. The Balaban J connectivity index is 2.37. The van der Waals surface area contributed by atoms with Gasteiger partial charge in [-0.3, -0.25) is 19.3 Å². The minimum atomic E-state index is -0.609. The molecule has 0 bridgehead atoms. The molecule has 3 amide bonds. The molecule has 7 heteroatoms. The summed E-state index contributed by atoms with van der Waals surface area (Å²) in [6.07, 6.45) is 1.46. The average Bonchev–Trinajstić information content (AvgIpc) is 2.59. The first-order valence-electron chi connectivity index (χ1n) is 8.66. The van der Waals surface area contributed by atoms with Crippen LogP contribution < -0.4 is 0 Å². The van der Waals surface area contributed by atoms with Crippen LogP contribution in [0.5, 0.6) is 0 Å². The van der Waals surface area contributed by atoms with Crippen molar-refractivity contribution in [3.8, 4) is 12.0 Å². The van der Waals surface area contributed by atoms with E-state index in [1.165, 1.54) is 13.0 Å². The SMILES string of the molecule is CC#CN1C(=O)CN(C(C)=O)C(=O)/C1=C/c1ccc(C(=O)OC(C)(C)C)cc1. The molecule has 1 aliphatic heterocycles. The Labute approximate surface area is 163 Å². The van der Waals surface area contributed by atoms with E-state index in [2.05, 4.69) is 12.0 Å². The maximum Gasteiger partial charge on any atom is 0.338 e. The normalized spacial score (nSPS) is 16.0. The zero-order valence-corrected chi connectivity index (χ0v) is 16.5. The lowest BCUT2D eigenvalue weighted by Gasteiger charge is -2.30. The Hall–Kier alpha value is -3.40. The largest absolute Gasteiger partial charge is 0.456 e. The van der Waals surface area contributed by atoms with Crippen molar-refractivity contribution in [2.24, 2.45) is 0 Å². The Bertz CT molecular complexity index is 911. The third kappa shape index (κ3) is 4.86. The fourth-order valence-electron chi connectivity index (χ4n) is 2.47. The molecule has 2 rings (SSSR count). The number of rotatable bonds is 2. The van der Waals surface area contributed by atoms with Crippen LogP contribution in [0.3, 0.4) is 0 Å².